The van der Waals surface area contributed by atoms with Crippen LogP contribution in [0.3, 0.4) is 0 Å². The molecule has 132 valence electrons. The van der Waals surface area contributed by atoms with E-state index in [9.17, 15) is 10.2 Å². The minimum atomic E-state index is -0.615. The van der Waals surface area contributed by atoms with Crippen LogP contribution < -0.4 is 0 Å². The highest BCUT2D eigenvalue weighted by molar-refractivity contribution is 5.57. The molecule has 3 N–H and O–H groups in total. The van der Waals surface area contributed by atoms with Crippen molar-refractivity contribution >= 4 is 6.08 Å². The second-order valence-electron chi connectivity index (χ2n) is 6.35. The van der Waals surface area contributed by atoms with Crippen molar-refractivity contribution < 1.29 is 15.3 Å². The molecule has 0 aliphatic carbocycles. The van der Waals surface area contributed by atoms with Crippen molar-refractivity contribution in [2.45, 2.75) is 53.1 Å². The van der Waals surface area contributed by atoms with Gasteiger partial charge in [-0.15, -0.1) is 0 Å². The summed E-state index contributed by atoms with van der Waals surface area (Å²) in [5.41, 5.74) is 5.54. The molecule has 0 aromatic heterocycles. The number of phenolic OH excluding ortho intramolecular Hbond substituents is 1. The zero-order valence-electron chi connectivity index (χ0n) is 15.3. The van der Waals surface area contributed by atoms with E-state index in [1.165, 1.54) is 0 Å². The highest BCUT2D eigenvalue weighted by atomic mass is 16.3. The first-order valence-electron chi connectivity index (χ1n) is 8.44. The summed E-state index contributed by atoms with van der Waals surface area (Å²) in [6, 6.07) is 3.91. The molecule has 0 saturated carbocycles. The fraction of sp³-hybridized carbons (Fsp3) is 0.429. The van der Waals surface area contributed by atoms with Crippen molar-refractivity contribution in [1.29, 1.82) is 0 Å². The SMILES string of the molecule is C=C(CC)/C(=C/CO)C(O)CC/C(C)=C/c1cc(C)c(O)c(C)c1. The average Bonchev–Trinajstić information content (AvgIpc) is 2.54. The van der Waals surface area contributed by atoms with Gasteiger partial charge in [0.05, 0.1) is 12.7 Å². The quantitative estimate of drug-likeness (QED) is 0.618. The summed E-state index contributed by atoms with van der Waals surface area (Å²) in [6.45, 7) is 11.7. The van der Waals surface area contributed by atoms with E-state index < -0.39 is 6.10 Å². The Morgan fingerprint density at radius 1 is 1.25 bits per heavy atom. The van der Waals surface area contributed by atoms with Crippen LogP contribution in [0.15, 0.2) is 41.5 Å². The number of allylic oxidation sites excluding steroid dienone is 1. The van der Waals surface area contributed by atoms with Crippen molar-refractivity contribution in [3.8, 4) is 5.75 Å². The van der Waals surface area contributed by atoms with Gasteiger partial charge in [0.2, 0.25) is 0 Å². The van der Waals surface area contributed by atoms with Crippen molar-refractivity contribution in [3.05, 3.63) is 58.2 Å². The summed E-state index contributed by atoms with van der Waals surface area (Å²) in [5, 5.41) is 29.3. The maximum absolute atomic E-state index is 10.4. The highest BCUT2D eigenvalue weighted by Crippen LogP contribution is 2.25. The van der Waals surface area contributed by atoms with E-state index in [4.69, 9.17) is 5.11 Å². The number of hydrogen-bond donors (Lipinski definition) is 3. The molecule has 3 heteroatoms. The van der Waals surface area contributed by atoms with Crippen LogP contribution in [0.25, 0.3) is 6.08 Å². The van der Waals surface area contributed by atoms with Gasteiger partial charge in [0.1, 0.15) is 5.75 Å². The monoisotopic (exact) mass is 330 g/mol. The van der Waals surface area contributed by atoms with Gasteiger partial charge in [-0.3, -0.25) is 0 Å². The Bertz CT molecular complexity index is 615. The van der Waals surface area contributed by atoms with Crippen LogP contribution in [0, 0.1) is 13.8 Å². The Hall–Kier alpha value is -1.84. The summed E-state index contributed by atoms with van der Waals surface area (Å²) in [7, 11) is 0. The van der Waals surface area contributed by atoms with Crippen molar-refractivity contribution in [1.82, 2.24) is 0 Å². The Morgan fingerprint density at radius 2 is 1.83 bits per heavy atom. The van der Waals surface area contributed by atoms with Gasteiger partial charge in [0.15, 0.2) is 0 Å². The fourth-order valence-corrected chi connectivity index (χ4v) is 2.77. The molecule has 1 aromatic carbocycles. The standard InChI is InChI=1S/C21H30O3/c1-6-15(3)19(9-10-22)20(23)8-7-14(2)11-18-12-16(4)21(24)17(5)13-18/h9,11-13,20,22-24H,3,6-8,10H2,1-2,4-5H3/b14-11+,19-9-. The van der Waals surface area contributed by atoms with Crippen molar-refractivity contribution in [2.24, 2.45) is 0 Å². The lowest BCUT2D eigenvalue weighted by Crippen LogP contribution is -2.12. The maximum atomic E-state index is 10.4. The Labute approximate surface area is 145 Å². The lowest BCUT2D eigenvalue weighted by molar-refractivity contribution is 0.201. The third-order valence-electron chi connectivity index (χ3n) is 4.24. The molecule has 0 bridgehead atoms. The van der Waals surface area contributed by atoms with E-state index >= 15 is 0 Å². The number of aryl methyl sites for hydroxylation is 2. The first-order valence-corrected chi connectivity index (χ1v) is 8.44. The number of benzene rings is 1. The number of aromatic hydroxyl groups is 1. The summed E-state index contributed by atoms with van der Waals surface area (Å²) in [6.07, 6.45) is 5.20. The molecule has 3 nitrogen and oxygen atoms in total. The molecule has 1 aromatic rings. The molecule has 1 rings (SSSR count). The molecule has 0 aliphatic rings. The zero-order valence-corrected chi connectivity index (χ0v) is 15.3. The van der Waals surface area contributed by atoms with Crippen LogP contribution in [0.2, 0.25) is 0 Å². The summed E-state index contributed by atoms with van der Waals surface area (Å²) in [5.74, 6) is 0.345. The first-order chi connectivity index (χ1) is 11.3. The minimum Gasteiger partial charge on any atom is -0.507 e. The molecule has 0 amide bonds. The Balaban J connectivity index is 2.79. The van der Waals surface area contributed by atoms with Gasteiger partial charge in [-0.1, -0.05) is 31.2 Å². The number of rotatable bonds is 8. The second kappa shape index (κ2) is 9.45. The molecule has 0 spiro atoms. The average molecular weight is 330 g/mol. The Morgan fingerprint density at radius 3 is 2.33 bits per heavy atom. The van der Waals surface area contributed by atoms with Gasteiger partial charge in [-0.05, 0) is 80.0 Å². The van der Waals surface area contributed by atoms with Gasteiger partial charge in [-0.25, -0.2) is 0 Å². The van der Waals surface area contributed by atoms with Crippen LogP contribution in [0.1, 0.15) is 49.8 Å². The van der Waals surface area contributed by atoms with E-state index in [-0.39, 0.29) is 6.61 Å². The highest BCUT2D eigenvalue weighted by Gasteiger charge is 2.13. The lowest BCUT2D eigenvalue weighted by atomic mass is 9.94. The van der Waals surface area contributed by atoms with Crippen LogP contribution in [-0.2, 0) is 0 Å². The van der Waals surface area contributed by atoms with Crippen molar-refractivity contribution in [3.63, 3.8) is 0 Å². The van der Waals surface area contributed by atoms with Gasteiger partial charge in [-0.2, -0.15) is 0 Å². The smallest absolute Gasteiger partial charge is 0.121 e. The molecule has 0 aliphatic heterocycles. The summed E-state index contributed by atoms with van der Waals surface area (Å²) < 4.78 is 0. The molecule has 0 fully saturated rings. The second-order valence-corrected chi connectivity index (χ2v) is 6.35. The van der Waals surface area contributed by atoms with E-state index in [2.05, 4.69) is 12.7 Å². The van der Waals surface area contributed by atoms with E-state index in [1.54, 1.807) is 6.08 Å². The summed E-state index contributed by atoms with van der Waals surface area (Å²) in [4.78, 5) is 0. The predicted molar refractivity (Wildman–Crippen MR) is 101 cm³/mol. The Kier molecular flexibility index (Phi) is 7.96. The molecular weight excluding hydrogens is 300 g/mol. The van der Waals surface area contributed by atoms with Crippen molar-refractivity contribution in [2.75, 3.05) is 6.61 Å². The van der Waals surface area contributed by atoms with Crippen LogP contribution in [-0.4, -0.2) is 28.0 Å². The minimum absolute atomic E-state index is 0.0910. The molecule has 1 atom stereocenters. The third kappa shape index (κ3) is 5.66. The van der Waals surface area contributed by atoms with E-state index in [1.807, 2.05) is 39.8 Å². The first kappa shape index (κ1) is 20.2. The van der Waals surface area contributed by atoms with Gasteiger partial charge in [0, 0.05) is 0 Å². The predicted octanol–water partition coefficient (Wildman–Crippen LogP) is 4.44. The van der Waals surface area contributed by atoms with Crippen LogP contribution in [0.4, 0.5) is 0 Å². The molecule has 0 saturated heterocycles. The molecule has 24 heavy (non-hydrogen) atoms. The van der Waals surface area contributed by atoms with E-state index in [0.717, 1.165) is 46.3 Å². The molecular formula is C21H30O3. The van der Waals surface area contributed by atoms with Gasteiger partial charge in [0.25, 0.3) is 0 Å². The number of aliphatic hydroxyl groups is 2. The maximum Gasteiger partial charge on any atom is 0.121 e. The lowest BCUT2D eigenvalue weighted by Gasteiger charge is -2.17. The number of aliphatic hydroxyl groups excluding tert-OH is 2. The zero-order chi connectivity index (χ0) is 18.3. The fourth-order valence-electron chi connectivity index (χ4n) is 2.77. The molecule has 1 unspecified atom stereocenters. The molecule has 0 radical (unpaired) electrons. The van der Waals surface area contributed by atoms with Gasteiger partial charge < -0.3 is 15.3 Å². The third-order valence-corrected chi connectivity index (χ3v) is 4.24. The topological polar surface area (TPSA) is 60.7 Å². The largest absolute Gasteiger partial charge is 0.507 e. The normalized spacial score (nSPS) is 13.9. The van der Waals surface area contributed by atoms with Crippen LogP contribution >= 0.6 is 0 Å². The van der Waals surface area contributed by atoms with Crippen LogP contribution in [0.5, 0.6) is 5.75 Å². The number of hydrogen-bond acceptors (Lipinski definition) is 3. The number of phenols is 1. The van der Waals surface area contributed by atoms with Gasteiger partial charge >= 0.3 is 0 Å². The van der Waals surface area contributed by atoms with E-state index in [0.29, 0.717) is 12.2 Å². The summed E-state index contributed by atoms with van der Waals surface area (Å²) >= 11 is 0. The molecule has 0 heterocycles.